The summed E-state index contributed by atoms with van der Waals surface area (Å²) in [6.45, 7) is 4.15. The monoisotopic (exact) mass is 376 g/mol. The first-order valence-corrected chi connectivity index (χ1v) is 9.90. The van der Waals surface area contributed by atoms with Crippen molar-refractivity contribution < 1.29 is 4.79 Å². The van der Waals surface area contributed by atoms with Gasteiger partial charge in [0.25, 0.3) is 0 Å². The molecule has 0 radical (unpaired) electrons. The zero-order valence-electron chi connectivity index (χ0n) is 15.3. The van der Waals surface area contributed by atoms with Crippen molar-refractivity contribution in [1.82, 2.24) is 14.6 Å². The fraction of sp³-hybridized carbons (Fsp3) is 0.190. The summed E-state index contributed by atoms with van der Waals surface area (Å²) in [5.74, 6) is 0.232. The van der Waals surface area contributed by atoms with Crippen molar-refractivity contribution in [2.75, 3.05) is 11.1 Å². The van der Waals surface area contributed by atoms with Gasteiger partial charge in [0.2, 0.25) is 5.91 Å². The second-order valence-electron chi connectivity index (χ2n) is 6.37. The maximum atomic E-state index is 12.4. The molecule has 0 saturated carbocycles. The highest BCUT2D eigenvalue weighted by Crippen LogP contribution is 2.26. The Balaban J connectivity index is 1.57. The first-order valence-electron chi connectivity index (χ1n) is 8.91. The van der Waals surface area contributed by atoms with Crippen LogP contribution in [0.2, 0.25) is 0 Å². The van der Waals surface area contributed by atoms with Crippen LogP contribution in [0.15, 0.2) is 59.8 Å². The summed E-state index contributed by atoms with van der Waals surface area (Å²) in [4.78, 5) is 12.4. The lowest BCUT2D eigenvalue weighted by molar-refractivity contribution is -0.113. The molecule has 2 aromatic heterocycles. The van der Waals surface area contributed by atoms with Crippen LogP contribution in [0.3, 0.4) is 0 Å². The second kappa shape index (κ2) is 7.40. The smallest absolute Gasteiger partial charge is 0.234 e. The topological polar surface area (TPSA) is 59.3 Å². The third-order valence-corrected chi connectivity index (χ3v) is 5.51. The molecule has 0 atom stereocenters. The summed E-state index contributed by atoms with van der Waals surface area (Å²) >= 11 is 1.40. The van der Waals surface area contributed by atoms with Crippen LogP contribution < -0.4 is 5.32 Å². The predicted octanol–water partition coefficient (Wildman–Crippen LogP) is 4.48. The van der Waals surface area contributed by atoms with E-state index in [4.69, 9.17) is 0 Å². The number of carbonyl (C=O) groups excluding carboxylic acids is 1. The largest absolute Gasteiger partial charge is 0.325 e. The SMILES string of the molecule is CCc1ccccc1NC(=O)CSc1nnc2cc(C)c3ccccc3n12. The van der Waals surface area contributed by atoms with Crippen molar-refractivity contribution in [3.63, 3.8) is 0 Å². The summed E-state index contributed by atoms with van der Waals surface area (Å²) in [5.41, 5.74) is 5.01. The highest BCUT2D eigenvalue weighted by Gasteiger charge is 2.13. The van der Waals surface area contributed by atoms with Crippen LogP contribution in [0.4, 0.5) is 5.69 Å². The molecule has 0 bridgehead atoms. The molecule has 0 aliphatic carbocycles. The van der Waals surface area contributed by atoms with Crippen LogP contribution in [-0.4, -0.2) is 26.3 Å². The van der Waals surface area contributed by atoms with Gasteiger partial charge in [0.15, 0.2) is 10.8 Å². The Morgan fingerprint density at radius 1 is 1.11 bits per heavy atom. The first-order chi connectivity index (χ1) is 13.2. The van der Waals surface area contributed by atoms with Gasteiger partial charge in [0.05, 0.1) is 11.3 Å². The minimum atomic E-state index is -0.0472. The molecule has 5 nitrogen and oxygen atoms in total. The van der Waals surface area contributed by atoms with Crippen LogP contribution in [0.5, 0.6) is 0 Å². The van der Waals surface area contributed by atoms with E-state index in [1.165, 1.54) is 11.8 Å². The number of para-hydroxylation sites is 2. The van der Waals surface area contributed by atoms with E-state index in [9.17, 15) is 4.79 Å². The number of aromatic nitrogens is 3. The van der Waals surface area contributed by atoms with Gasteiger partial charge in [-0.25, -0.2) is 0 Å². The Hall–Kier alpha value is -2.86. The lowest BCUT2D eigenvalue weighted by Gasteiger charge is -2.10. The Morgan fingerprint density at radius 2 is 1.89 bits per heavy atom. The molecule has 0 unspecified atom stereocenters. The predicted molar refractivity (Wildman–Crippen MR) is 110 cm³/mol. The van der Waals surface area contributed by atoms with E-state index >= 15 is 0 Å². The minimum absolute atomic E-state index is 0.0472. The molecular weight excluding hydrogens is 356 g/mol. The number of anilines is 1. The molecular formula is C21H20N4OS. The molecule has 27 heavy (non-hydrogen) atoms. The third kappa shape index (κ3) is 3.40. The van der Waals surface area contributed by atoms with Crippen LogP contribution in [0, 0.1) is 6.92 Å². The lowest BCUT2D eigenvalue weighted by atomic mass is 10.1. The summed E-state index contributed by atoms with van der Waals surface area (Å²) < 4.78 is 2.01. The van der Waals surface area contributed by atoms with Gasteiger partial charge in [0.1, 0.15) is 0 Å². The van der Waals surface area contributed by atoms with Crippen molar-refractivity contribution >= 4 is 39.9 Å². The Morgan fingerprint density at radius 3 is 2.74 bits per heavy atom. The number of thioether (sulfide) groups is 1. The number of nitrogens with one attached hydrogen (secondary N) is 1. The number of pyridine rings is 1. The third-order valence-electron chi connectivity index (χ3n) is 4.58. The Bertz CT molecular complexity index is 1140. The summed E-state index contributed by atoms with van der Waals surface area (Å²) in [5, 5.41) is 13.5. The number of carbonyl (C=O) groups is 1. The van der Waals surface area contributed by atoms with Crippen molar-refractivity contribution in [1.29, 1.82) is 0 Å². The van der Waals surface area contributed by atoms with Crippen LogP contribution in [0.25, 0.3) is 16.6 Å². The zero-order chi connectivity index (χ0) is 18.8. The second-order valence-corrected chi connectivity index (χ2v) is 7.31. The molecule has 1 amide bonds. The van der Waals surface area contributed by atoms with E-state index < -0.39 is 0 Å². The van der Waals surface area contributed by atoms with Crippen LogP contribution in [0.1, 0.15) is 18.1 Å². The Kier molecular flexibility index (Phi) is 4.81. The first kappa shape index (κ1) is 17.5. The highest BCUT2D eigenvalue weighted by atomic mass is 32.2. The van der Waals surface area contributed by atoms with Gasteiger partial charge < -0.3 is 5.32 Å². The number of amides is 1. The number of rotatable bonds is 5. The van der Waals surface area contributed by atoms with Gasteiger partial charge in [-0.1, -0.05) is 55.1 Å². The van der Waals surface area contributed by atoms with E-state index in [2.05, 4.69) is 41.5 Å². The molecule has 0 aliphatic heterocycles. The fourth-order valence-electron chi connectivity index (χ4n) is 3.24. The quantitative estimate of drug-likeness (QED) is 0.522. The molecule has 2 aromatic carbocycles. The van der Waals surface area contributed by atoms with Crippen molar-refractivity contribution in [3.8, 4) is 0 Å². The number of nitrogens with zero attached hydrogens (tertiary/aromatic N) is 3. The fourth-order valence-corrected chi connectivity index (χ4v) is 3.99. The number of fused-ring (bicyclic) bond motifs is 3. The molecule has 2 heterocycles. The van der Waals surface area contributed by atoms with E-state index in [1.54, 1.807) is 0 Å². The molecule has 0 saturated heterocycles. The molecule has 4 rings (SSSR count). The number of benzene rings is 2. The average Bonchev–Trinajstić information content (AvgIpc) is 3.10. The van der Waals surface area contributed by atoms with Gasteiger partial charge in [-0.15, -0.1) is 10.2 Å². The number of hydrogen-bond donors (Lipinski definition) is 1. The Labute approximate surface area is 161 Å². The maximum Gasteiger partial charge on any atom is 0.234 e. The van der Waals surface area contributed by atoms with E-state index in [0.717, 1.165) is 44.9 Å². The van der Waals surface area contributed by atoms with E-state index in [-0.39, 0.29) is 11.7 Å². The summed E-state index contributed by atoms with van der Waals surface area (Å²) in [7, 11) is 0. The normalized spacial score (nSPS) is 11.2. The van der Waals surface area contributed by atoms with Crippen molar-refractivity contribution in [2.24, 2.45) is 0 Å². The van der Waals surface area contributed by atoms with Gasteiger partial charge in [0, 0.05) is 11.1 Å². The molecule has 0 spiro atoms. The van der Waals surface area contributed by atoms with Gasteiger partial charge in [-0.05, 0) is 42.7 Å². The highest BCUT2D eigenvalue weighted by molar-refractivity contribution is 7.99. The molecule has 0 fully saturated rings. The molecule has 136 valence electrons. The minimum Gasteiger partial charge on any atom is -0.325 e. The van der Waals surface area contributed by atoms with Crippen LogP contribution >= 0.6 is 11.8 Å². The van der Waals surface area contributed by atoms with Crippen molar-refractivity contribution in [3.05, 3.63) is 65.7 Å². The molecule has 0 aliphatic rings. The van der Waals surface area contributed by atoms with Gasteiger partial charge in [-0.3, -0.25) is 9.20 Å². The lowest BCUT2D eigenvalue weighted by Crippen LogP contribution is -2.15. The zero-order valence-corrected chi connectivity index (χ0v) is 16.1. The summed E-state index contributed by atoms with van der Waals surface area (Å²) in [6.07, 6.45) is 0.879. The molecule has 6 heteroatoms. The maximum absolute atomic E-state index is 12.4. The molecule has 1 N–H and O–H groups in total. The number of hydrogen-bond acceptors (Lipinski definition) is 4. The van der Waals surface area contributed by atoms with Crippen molar-refractivity contribution in [2.45, 2.75) is 25.4 Å². The van der Waals surface area contributed by atoms with Gasteiger partial charge in [-0.2, -0.15) is 0 Å². The standard InChI is InChI=1S/C21H20N4OS/c1-3-15-8-4-6-10-17(15)22-20(26)13-27-21-24-23-19-12-14(2)16-9-5-7-11-18(16)25(19)21/h4-12H,3,13H2,1-2H3,(H,22,26). The van der Waals surface area contributed by atoms with E-state index in [1.807, 2.05) is 46.9 Å². The van der Waals surface area contributed by atoms with E-state index in [0.29, 0.717) is 0 Å². The molecule has 4 aromatic rings. The number of aryl methyl sites for hydroxylation is 2. The average molecular weight is 376 g/mol. The van der Waals surface area contributed by atoms with Crippen LogP contribution in [-0.2, 0) is 11.2 Å². The summed E-state index contributed by atoms with van der Waals surface area (Å²) in [6, 6.07) is 18.1. The van der Waals surface area contributed by atoms with Gasteiger partial charge >= 0.3 is 0 Å².